The van der Waals surface area contributed by atoms with Gasteiger partial charge in [-0.2, -0.15) is 4.31 Å². The molecule has 2 N–H and O–H groups in total. The third-order valence-corrected chi connectivity index (χ3v) is 5.94. The van der Waals surface area contributed by atoms with Crippen molar-refractivity contribution in [1.82, 2.24) is 14.6 Å². The fourth-order valence-corrected chi connectivity index (χ4v) is 4.00. The molecule has 1 aliphatic rings. The molecule has 1 aromatic heterocycles. The summed E-state index contributed by atoms with van der Waals surface area (Å²) in [5, 5.41) is 3.38. The lowest BCUT2D eigenvalue weighted by molar-refractivity contribution is 0.342. The van der Waals surface area contributed by atoms with E-state index < -0.39 is 10.0 Å². The first-order valence-electron chi connectivity index (χ1n) is 7.41. The fourth-order valence-electron chi connectivity index (χ4n) is 2.27. The van der Waals surface area contributed by atoms with Gasteiger partial charge in [0.2, 0.25) is 10.0 Å². The Balaban J connectivity index is 2.11. The van der Waals surface area contributed by atoms with Gasteiger partial charge in [-0.15, -0.1) is 0 Å². The molecular formula is C14H25N3O2S. The molecule has 1 aliphatic carbocycles. The van der Waals surface area contributed by atoms with E-state index >= 15 is 0 Å². The fraction of sp³-hybridized carbons (Fsp3) is 0.714. The van der Waals surface area contributed by atoms with Crippen molar-refractivity contribution in [2.24, 2.45) is 0 Å². The van der Waals surface area contributed by atoms with Crippen molar-refractivity contribution in [3.8, 4) is 0 Å². The van der Waals surface area contributed by atoms with Crippen LogP contribution in [0, 0.1) is 0 Å². The van der Waals surface area contributed by atoms with Gasteiger partial charge in [0, 0.05) is 37.1 Å². The lowest BCUT2D eigenvalue weighted by Crippen LogP contribution is -2.37. The van der Waals surface area contributed by atoms with Crippen molar-refractivity contribution >= 4 is 10.0 Å². The molecule has 1 fully saturated rings. The monoisotopic (exact) mass is 299 g/mol. The first kappa shape index (κ1) is 15.5. The van der Waals surface area contributed by atoms with E-state index in [4.69, 9.17) is 0 Å². The van der Waals surface area contributed by atoms with E-state index in [9.17, 15) is 8.42 Å². The van der Waals surface area contributed by atoms with Crippen molar-refractivity contribution in [1.29, 1.82) is 0 Å². The Labute approximate surface area is 121 Å². The summed E-state index contributed by atoms with van der Waals surface area (Å²) < 4.78 is 26.8. The molecule has 0 saturated heterocycles. The molecule has 6 heteroatoms. The van der Waals surface area contributed by atoms with Crippen molar-refractivity contribution in [3.63, 3.8) is 0 Å². The Morgan fingerprint density at radius 1 is 1.45 bits per heavy atom. The summed E-state index contributed by atoms with van der Waals surface area (Å²) in [5.74, 6) is 0. The molecule has 1 saturated carbocycles. The molecular weight excluding hydrogens is 274 g/mol. The van der Waals surface area contributed by atoms with Gasteiger partial charge >= 0.3 is 0 Å². The lowest BCUT2D eigenvalue weighted by atomic mass is 10.3. The summed E-state index contributed by atoms with van der Waals surface area (Å²) in [6.45, 7) is 7.04. The van der Waals surface area contributed by atoms with E-state index in [1.807, 2.05) is 20.8 Å². The minimum atomic E-state index is -3.39. The van der Waals surface area contributed by atoms with Crippen LogP contribution in [0.1, 0.15) is 45.7 Å². The Morgan fingerprint density at radius 3 is 2.70 bits per heavy atom. The lowest BCUT2D eigenvalue weighted by Gasteiger charge is -2.25. The summed E-state index contributed by atoms with van der Waals surface area (Å²) >= 11 is 0. The number of nitrogens with one attached hydrogen (secondary N) is 2. The Hall–Kier alpha value is -0.850. The van der Waals surface area contributed by atoms with Gasteiger partial charge in [-0.05, 0) is 32.3 Å². The van der Waals surface area contributed by atoms with Crippen molar-refractivity contribution in [2.75, 3.05) is 6.54 Å². The molecule has 1 unspecified atom stereocenters. The first-order valence-corrected chi connectivity index (χ1v) is 8.85. The van der Waals surface area contributed by atoms with Crippen LogP contribution < -0.4 is 5.32 Å². The zero-order valence-corrected chi connectivity index (χ0v) is 13.3. The summed E-state index contributed by atoms with van der Waals surface area (Å²) in [4.78, 5) is 3.43. The van der Waals surface area contributed by atoms with Crippen LogP contribution in [0.2, 0.25) is 0 Å². The minimum absolute atomic E-state index is 0.0212. The van der Waals surface area contributed by atoms with E-state index in [2.05, 4.69) is 10.3 Å². The molecule has 0 radical (unpaired) electrons. The highest BCUT2D eigenvalue weighted by molar-refractivity contribution is 7.89. The second kappa shape index (κ2) is 6.28. The largest absolute Gasteiger partial charge is 0.363 e. The van der Waals surface area contributed by atoms with Crippen LogP contribution in [-0.2, 0) is 16.6 Å². The zero-order valence-electron chi connectivity index (χ0n) is 12.5. The molecule has 0 aromatic carbocycles. The average molecular weight is 299 g/mol. The standard InChI is InChI=1S/C14H25N3O2S/c1-4-11(3)17(5-2)20(18,19)14-8-13(16-10-14)9-15-12-6-7-12/h8,10-12,15-16H,4-7,9H2,1-3H3. The highest BCUT2D eigenvalue weighted by atomic mass is 32.2. The van der Waals surface area contributed by atoms with Gasteiger partial charge < -0.3 is 10.3 Å². The van der Waals surface area contributed by atoms with Crippen molar-refractivity contribution in [3.05, 3.63) is 18.0 Å². The molecule has 5 nitrogen and oxygen atoms in total. The zero-order chi connectivity index (χ0) is 14.8. The summed E-state index contributed by atoms with van der Waals surface area (Å²) in [6, 6.07) is 2.38. The second-order valence-corrected chi connectivity index (χ2v) is 7.37. The normalized spacial score (nSPS) is 17.6. The van der Waals surface area contributed by atoms with Crippen LogP contribution in [-0.4, -0.2) is 36.3 Å². The van der Waals surface area contributed by atoms with Gasteiger partial charge in [0.1, 0.15) is 0 Å². The highest BCUT2D eigenvalue weighted by Crippen LogP contribution is 2.22. The summed E-state index contributed by atoms with van der Waals surface area (Å²) in [6.07, 6.45) is 4.87. The highest BCUT2D eigenvalue weighted by Gasteiger charge is 2.28. The maximum atomic E-state index is 12.6. The van der Waals surface area contributed by atoms with Gasteiger partial charge in [0.05, 0.1) is 4.90 Å². The van der Waals surface area contributed by atoms with Gasteiger partial charge in [-0.25, -0.2) is 8.42 Å². The topological polar surface area (TPSA) is 65.2 Å². The summed E-state index contributed by atoms with van der Waals surface area (Å²) in [5.41, 5.74) is 0.927. The molecule has 1 atom stereocenters. The van der Waals surface area contributed by atoms with Crippen LogP contribution >= 0.6 is 0 Å². The summed E-state index contributed by atoms with van der Waals surface area (Å²) in [7, 11) is -3.39. The van der Waals surface area contributed by atoms with Crippen LogP contribution in [0.3, 0.4) is 0 Å². The smallest absolute Gasteiger partial charge is 0.244 e. The van der Waals surface area contributed by atoms with E-state index in [0.29, 0.717) is 24.0 Å². The van der Waals surface area contributed by atoms with Gasteiger partial charge in [-0.3, -0.25) is 0 Å². The molecule has 0 bridgehead atoms. The van der Waals surface area contributed by atoms with E-state index in [-0.39, 0.29) is 6.04 Å². The number of rotatable bonds is 8. The number of hydrogen-bond acceptors (Lipinski definition) is 3. The molecule has 0 aliphatic heterocycles. The first-order chi connectivity index (χ1) is 9.48. The Morgan fingerprint density at radius 2 is 2.15 bits per heavy atom. The van der Waals surface area contributed by atoms with Crippen LogP contribution in [0.15, 0.2) is 17.2 Å². The Bertz CT molecular complexity index is 534. The number of aromatic amines is 1. The van der Waals surface area contributed by atoms with Gasteiger partial charge in [0.25, 0.3) is 0 Å². The van der Waals surface area contributed by atoms with E-state index in [0.717, 1.165) is 12.1 Å². The number of sulfonamides is 1. The molecule has 2 rings (SSSR count). The molecule has 20 heavy (non-hydrogen) atoms. The third kappa shape index (κ3) is 3.42. The van der Waals surface area contributed by atoms with Crippen LogP contribution in [0.4, 0.5) is 0 Å². The van der Waals surface area contributed by atoms with Crippen molar-refractivity contribution in [2.45, 2.75) is 63.6 Å². The minimum Gasteiger partial charge on any atom is -0.363 e. The van der Waals surface area contributed by atoms with Crippen LogP contribution in [0.5, 0.6) is 0 Å². The quantitative estimate of drug-likeness (QED) is 0.772. The average Bonchev–Trinajstić information content (AvgIpc) is 3.12. The number of hydrogen-bond donors (Lipinski definition) is 2. The van der Waals surface area contributed by atoms with E-state index in [1.54, 1.807) is 16.6 Å². The van der Waals surface area contributed by atoms with Gasteiger partial charge in [-0.1, -0.05) is 13.8 Å². The van der Waals surface area contributed by atoms with Crippen LogP contribution in [0.25, 0.3) is 0 Å². The number of aromatic nitrogens is 1. The predicted molar refractivity (Wildman–Crippen MR) is 80.0 cm³/mol. The SMILES string of the molecule is CCC(C)N(CC)S(=O)(=O)c1c[nH]c(CNC2CC2)c1. The molecule has 1 aromatic rings. The molecule has 0 spiro atoms. The third-order valence-electron chi connectivity index (χ3n) is 3.88. The number of nitrogens with zero attached hydrogens (tertiary/aromatic N) is 1. The molecule has 114 valence electrons. The Kier molecular flexibility index (Phi) is 4.88. The maximum Gasteiger partial charge on any atom is 0.244 e. The molecule has 0 amide bonds. The van der Waals surface area contributed by atoms with Crippen molar-refractivity contribution < 1.29 is 8.42 Å². The maximum absolute atomic E-state index is 12.6. The second-order valence-electron chi connectivity index (χ2n) is 5.48. The predicted octanol–water partition coefficient (Wildman–Crippen LogP) is 2.08. The molecule has 1 heterocycles. The van der Waals surface area contributed by atoms with Gasteiger partial charge in [0.15, 0.2) is 0 Å². The number of H-pyrrole nitrogens is 1. The van der Waals surface area contributed by atoms with E-state index in [1.165, 1.54) is 12.8 Å².